The minimum absolute atomic E-state index is 0.116. The van der Waals surface area contributed by atoms with Crippen LogP contribution in [0.1, 0.15) is 17.5 Å². The lowest BCUT2D eigenvalue weighted by molar-refractivity contribution is -0.131. The van der Waals surface area contributed by atoms with Crippen LogP contribution in [0, 0.1) is 0 Å². The molecule has 132 valence electrons. The van der Waals surface area contributed by atoms with Gasteiger partial charge in [0, 0.05) is 15.6 Å². The van der Waals surface area contributed by atoms with E-state index < -0.39 is 11.6 Å². The molecule has 1 aliphatic rings. The van der Waals surface area contributed by atoms with Gasteiger partial charge in [-0.1, -0.05) is 41.4 Å². The van der Waals surface area contributed by atoms with E-state index in [0.717, 1.165) is 10.2 Å². The zero-order valence-electron chi connectivity index (χ0n) is 13.6. The highest BCUT2D eigenvalue weighted by Crippen LogP contribution is 2.36. The Hall–Kier alpha value is -2.15. The molecule has 4 rings (SSSR count). The molecule has 2 heterocycles. The van der Waals surface area contributed by atoms with Crippen molar-refractivity contribution in [2.75, 3.05) is 0 Å². The number of halogens is 2. The Labute approximate surface area is 163 Å². The Balaban J connectivity index is 1.66. The van der Waals surface area contributed by atoms with E-state index in [0.29, 0.717) is 20.6 Å². The van der Waals surface area contributed by atoms with Crippen LogP contribution in [0.3, 0.4) is 0 Å². The zero-order valence-corrected chi connectivity index (χ0v) is 16.0. The Kier molecular flexibility index (Phi) is 4.14. The van der Waals surface area contributed by atoms with Crippen LogP contribution in [0.5, 0.6) is 0 Å². The van der Waals surface area contributed by atoms with Gasteiger partial charge in [0.05, 0.1) is 16.8 Å². The zero-order chi connectivity index (χ0) is 18.5. The van der Waals surface area contributed by atoms with Crippen molar-refractivity contribution in [1.82, 2.24) is 15.2 Å². The molecule has 26 heavy (non-hydrogen) atoms. The van der Waals surface area contributed by atoms with Crippen molar-refractivity contribution in [3.8, 4) is 0 Å². The molecule has 0 aliphatic carbocycles. The summed E-state index contributed by atoms with van der Waals surface area (Å²) in [5, 5.41) is 4.24. The van der Waals surface area contributed by atoms with Crippen molar-refractivity contribution in [2.45, 2.75) is 19.0 Å². The van der Waals surface area contributed by atoms with Gasteiger partial charge in [-0.05, 0) is 31.2 Å². The third kappa shape index (κ3) is 2.74. The molecule has 1 fully saturated rings. The lowest BCUT2D eigenvalue weighted by atomic mass is 9.92. The van der Waals surface area contributed by atoms with Gasteiger partial charge in [0.2, 0.25) is 0 Å². The van der Waals surface area contributed by atoms with Crippen molar-refractivity contribution in [3.63, 3.8) is 0 Å². The molecule has 1 unspecified atom stereocenters. The number of carbonyl (C=O) groups is 2. The molecule has 2 aromatic carbocycles. The summed E-state index contributed by atoms with van der Waals surface area (Å²) >= 11 is 13.7. The summed E-state index contributed by atoms with van der Waals surface area (Å²) in [6.45, 7) is 1.76. The number of fused-ring (bicyclic) bond motifs is 1. The largest absolute Gasteiger partial charge is 0.325 e. The molecule has 1 atom stereocenters. The van der Waals surface area contributed by atoms with Crippen LogP contribution in [-0.4, -0.2) is 21.8 Å². The number of aromatic nitrogens is 1. The van der Waals surface area contributed by atoms with Gasteiger partial charge in [-0.25, -0.2) is 9.78 Å². The fraction of sp³-hybridized carbons (Fsp3) is 0.167. The van der Waals surface area contributed by atoms with Crippen molar-refractivity contribution in [1.29, 1.82) is 0 Å². The predicted molar refractivity (Wildman–Crippen MR) is 103 cm³/mol. The first kappa shape index (κ1) is 17.3. The molecule has 8 heteroatoms. The molecule has 5 nitrogen and oxygen atoms in total. The lowest BCUT2D eigenvalue weighted by Crippen LogP contribution is -2.41. The van der Waals surface area contributed by atoms with Crippen LogP contribution < -0.4 is 5.32 Å². The summed E-state index contributed by atoms with van der Waals surface area (Å²) in [5.74, 6) is -0.369. The van der Waals surface area contributed by atoms with Crippen LogP contribution in [0.15, 0.2) is 42.5 Å². The number of nitrogens with zero attached hydrogens (tertiary/aromatic N) is 2. The molecule has 3 aromatic rings. The van der Waals surface area contributed by atoms with Crippen LogP contribution in [-0.2, 0) is 16.9 Å². The minimum Gasteiger partial charge on any atom is -0.319 e. The van der Waals surface area contributed by atoms with Crippen LogP contribution in [0.25, 0.3) is 10.2 Å². The minimum atomic E-state index is -1.24. The second-order valence-corrected chi connectivity index (χ2v) is 8.10. The smallest absolute Gasteiger partial charge is 0.319 e. The van der Waals surface area contributed by atoms with E-state index in [4.69, 9.17) is 23.2 Å². The summed E-state index contributed by atoms with van der Waals surface area (Å²) in [6, 6.07) is 12.1. The molecular weight excluding hydrogens is 393 g/mol. The number of imide groups is 1. The van der Waals surface area contributed by atoms with E-state index >= 15 is 0 Å². The molecule has 0 bridgehead atoms. The van der Waals surface area contributed by atoms with Crippen molar-refractivity contribution in [2.24, 2.45) is 0 Å². The molecule has 1 aliphatic heterocycles. The number of rotatable bonds is 3. The van der Waals surface area contributed by atoms with Crippen molar-refractivity contribution >= 4 is 56.7 Å². The van der Waals surface area contributed by atoms with Gasteiger partial charge in [-0.15, -0.1) is 11.3 Å². The van der Waals surface area contributed by atoms with E-state index in [9.17, 15) is 9.59 Å². The molecular formula is C18H13Cl2N3O2S. The third-order valence-electron chi connectivity index (χ3n) is 4.38. The second kappa shape index (κ2) is 6.23. The topological polar surface area (TPSA) is 62.3 Å². The Morgan fingerprint density at radius 3 is 2.69 bits per heavy atom. The maximum absolute atomic E-state index is 13.0. The van der Waals surface area contributed by atoms with E-state index in [1.165, 1.54) is 16.2 Å². The molecule has 1 aromatic heterocycles. The predicted octanol–water partition coefficient (Wildman–Crippen LogP) is 4.57. The van der Waals surface area contributed by atoms with Crippen molar-refractivity contribution in [3.05, 3.63) is 63.1 Å². The van der Waals surface area contributed by atoms with Gasteiger partial charge >= 0.3 is 6.03 Å². The number of hydrogen-bond acceptors (Lipinski definition) is 4. The van der Waals surface area contributed by atoms with Gasteiger partial charge in [0.1, 0.15) is 10.5 Å². The number of para-hydroxylation sites is 1. The number of hydrogen-bond donors (Lipinski definition) is 1. The number of thiazole rings is 1. The Morgan fingerprint density at radius 2 is 1.96 bits per heavy atom. The van der Waals surface area contributed by atoms with Gasteiger partial charge in [-0.2, -0.15) is 0 Å². The lowest BCUT2D eigenvalue weighted by Gasteiger charge is -2.23. The van der Waals surface area contributed by atoms with Crippen LogP contribution >= 0.6 is 34.5 Å². The monoisotopic (exact) mass is 405 g/mol. The fourth-order valence-electron chi connectivity index (χ4n) is 3.04. The molecule has 0 saturated carbocycles. The number of benzene rings is 2. The normalized spacial score (nSPS) is 20.0. The van der Waals surface area contributed by atoms with Crippen LogP contribution in [0.2, 0.25) is 10.0 Å². The molecule has 1 saturated heterocycles. The summed E-state index contributed by atoms with van der Waals surface area (Å²) < 4.78 is 1.01. The number of urea groups is 1. The maximum Gasteiger partial charge on any atom is 0.325 e. The summed E-state index contributed by atoms with van der Waals surface area (Å²) in [4.78, 5) is 31.2. The molecule has 1 N–H and O–H groups in total. The quantitative estimate of drug-likeness (QED) is 0.649. The number of amides is 3. The highest BCUT2D eigenvalue weighted by Gasteiger charge is 2.50. The van der Waals surface area contributed by atoms with E-state index in [2.05, 4.69) is 10.3 Å². The number of carbonyl (C=O) groups excluding carboxylic acids is 2. The highest BCUT2D eigenvalue weighted by atomic mass is 35.5. The molecule has 0 radical (unpaired) electrons. The second-order valence-electron chi connectivity index (χ2n) is 6.15. The summed E-state index contributed by atoms with van der Waals surface area (Å²) in [6.07, 6.45) is 0. The van der Waals surface area contributed by atoms with E-state index in [1.807, 2.05) is 24.3 Å². The SMILES string of the molecule is CC1(c2ccc(Cl)cc2Cl)NC(=O)N(Cc2nc3ccccc3s2)C1=O. The highest BCUT2D eigenvalue weighted by molar-refractivity contribution is 7.18. The first-order valence-corrected chi connectivity index (χ1v) is 9.40. The van der Waals surface area contributed by atoms with E-state index in [-0.39, 0.29) is 12.5 Å². The van der Waals surface area contributed by atoms with Crippen molar-refractivity contribution < 1.29 is 9.59 Å². The van der Waals surface area contributed by atoms with Gasteiger partial charge < -0.3 is 5.32 Å². The van der Waals surface area contributed by atoms with Gasteiger partial charge in [-0.3, -0.25) is 9.69 Å². The Bertz CT molecular complexity index is 1020. The van der Waals surface area contributed by atoms with Crippen LogP contribution in [0.4, 0.5) is 4.79 Å². The average molecular weight is 406 g/mol. The maximum atomic E-state index is 13.0. The van der Waals surface area contributed by atoms with Gasteiger partial charge in [0.15, 0.2) is 0 Å². The molecule has 3 amide bonds. The average Bonchev–Trinajstić information content (AvgIpc) is 3.09. The van der Waals surface area contributed by atoms with E-state index in [1.54, 1.807) is 25.1 Å². The number of nitrogens with one attached hydrogen (secondary N) is 1. The standard InChI is InChI=1S/C18H13Cl2N3O2S/c1-18(11-7-6-10(19)8-12(11)20)16(24)23(17(25)22-18)9-15-21-13-4-2-3-5-14(13)26-15/h2-8H,9H2,1H3,(H,22,25). The van der Waals surface area contributed by atoms with Gasteiger partial charge in [0.25, 0.3) is 5.91 Å². The first-order valence-electron chi connectivity index (χ1n) is 7.82. The summed E-state index contributed by atoms with van der Waals surface area (Å²) in [5.41, 5.74) is 0.117. The first-order chi connectivity index (χ1) is 12.4. The third-order valence-corrected chi connectivity index (χ3v) is 5.95. The Morgan fingerprint density at radius 1 is 1.19 bits per heavy atom. The fourth-order valence-corrected chi connectivity index (χ4v) is 4.59. The molecule has 0 spiro atoms. The summed E-state index contributed by atoms with van der Waals surface area (Å²) in [7, 11) is 0.